The van der Waals surface area contributed by atoms with Crippen molar-refractivity contribution in [2.45, 2.75) is 6.42 Å². The van der Waals surface area contributed by atoms with Gasteiger partial charge in [-0.1, -0.05) is 0 Å². The molecular formula is C9H9N2O3-. The fourth-order valence-electron chi connectivity index (χ4n) is 0.877. The van der Waals surface area contributed by atoms with Crippen LogP contribution in [0.15, 0.2) is 24.5 Å². The van der Waals surface area contributed by atoms with E-state index in [9.17, 15) is 14.7 Å². The predicted octanol–water partition coefficient (Wildman–Crippen LogP) is -1.05. The first-order valence-electron chi connectivity index (χ1n) is 4.08. The van der Waals surface area contributed by atoms with Crippen molar-refractivity contribution in [2.75, 3.05) is 6.54 Å². The predicted molar refractivity (Wildman–Crippen MR) is 46.2 cm³/mol. The van der Waals surface area contributed by atoms with Gasteiger partial charge in [0.05, 0.1) is 5.56 Å². The van der Waals surface area contributed by atoms with Crippen LogP contribution in [0.5, 0.6) is 0 Å². The largest absolute Gasteiger partial charge is 0.550 e. The van der Waals surface area contributed by atoms with E-state index in [1.807, 2.05) is 0 Å². The molecule has 1 N–H and O–H groups in total. The summed E-state index contributed by atoms with van der Waals surface area (Å²) in [5, 5.41) is 12.5. The summed E-state index contributed by atoms with van der Waals surface area (Å²) in [6.07, 6.45) is 2.78. The van der Waals surface area contributed by atoms with Gasteiger partial charge < -0.3 is 15.2 Å². The molecule has 74 valence electrons. The molecule has 1 heterocycles. The van der Waals surface area contributed by atoms with Crippen LogP contribution < -0.4 is 10.4 Å². The van der Waals surface area contributed by atoms with Gasteiger partial charge in [0.25, 0.3) is 5.91 Å². The second-order valence-electron chi connectivity index (χ2n) is 2.62. The molecule has 5 nitrogen and oxygen atoms in total. The van der Waals surface area contributed by atoms with Crippen LogP contribution in [0.2, 0.25) is 0 Å². The summed E-state index contributed by atoms with van der Waals surface area (Å²) in [7, 11) is 0. The minimum atomic E-state index is -1.18. The van der Waals surface area contributed by atoms with Gasteiger partial charge in [-0.05, 0) is 12.1 Å². The van der Waals surface area contributed by atoms with Crippen LogP contribution >= 0.6 is 0 Å². The maximum atomic E-state index is 11.3. The number of nitrogens with zero attached hydrogens (tertiary/aromatic N) is 1. The summed E-state index contributed by atoms with van der Waals surface area (Å²) in [6.45, 7) is 0.0655. The molecule has 0 radical (unpaired) electrons. The average Bonchev–Trinajstić information content (AvgIpc) is 2.18. The number of aliphatic carboxylic acids is 1. The zero-order valence-corrected chi connectivity index (χ0v) is 7.40. The number of rotatable bonds is 4. The Labute approximate surface area is 80.8 Å². The number of carbonyl (C=O) groups is 2. The summed E-state index contributed by atoms with van der Waals surface area (Å²) < 4.78 is 0. The van der Waals surface area contributed by atoms with E-state index in [0.717, 1.165) is 0 Å². The molecule has 0 fully saturated rings. The van der Waals surface area contributed by atoms with E-state index in [4.69, 9.17) is 0 Å². The third kappa shape index (κ3) is 3.22. The standard InChI is InChI=1S/C9H10N2O3/c12-8(13)3-5-11-9(14)7-2-1-4-10-6-7/h1-2,4,6H,3,5H2,(H,11,14)(H,12,13)/p-1. The highest BCUT2D eigenvalue weighted by Crippen LogP contribution is 1.94. The topological polar surface area (TPSA) is 82.1 Å². The summed E-state index contributed by atoms with van der Waals surface area (Å²) in [6, 6.07) is 3.23. The minimum absolute atomic E-state index is 0.0655. The van der Waals surface area contributed by atoms with Crippen molar-refractivity contribution in [2.24, 2.45) is 0 Å². The Hall–Kier alpha value is -1.91. The van der Waals surface area contributed by atoms with E-state index in [1.54, 1.807) is 18.3 Å². The summed E-state index contributed by atoms with van der Waals surface area (Å²) in [4.78, 5) is 25.1. The van der Waals surface area contributed by atoms with Crippen LogP contribution in [0.25, 0.3) is 0 Å². The lowest BCUT2D eigenvalue weighted by Gasteiger charge is -2.04. The molecule has 1 aromatic rings. The number of hydrogen-bond acceptors (Lipinski definition) is 4. The number of amides is 1. The molecule has 14 heavy (non-hydrogen) atoms. The van der Waals surface area contributed by atoms with Crippen LogP contribution in [0.1, 0.15) is 16.8 Å². The van der Waals surface area contributed by atoms with Crippen molar-refractivity contribution in [3.63, 3.8) is 0 Å². The Kier molecular flexibility index (Phi) is 3.60. The van der Waals surface area contributed by atoms with E-state index in [-0.39, 0.29) is 18.9 Å². The van der Waals surface area contributed by atoms with E-state index < -0.39 is 5.97 Å². The molecule has 0 aliphatic rings. The Bertz CT molecular complexity index is 324. The van der Waals surface area contributed by atoms with E-state index in [0.29, 0.717) is 5.56 Å². The summed E-state index contributed by atoms with van der Waals surface area (Å²) >= 11 is 0. The first-order valence-corrected chi connectivity index (χ1v) is 4.08. The number of carboxylic acid groups (broad SMARTS) is 1. The third-order valence-electron chi connectivity index (χ3n) is 1.54. The second-order valence-corrected chi connectivity index (χ2v) is 2.62. The van der Waals surface area contributed by atoms with E-state index in [2.05, 4.69) is 10.3 Å². The molecule has 0 spiro atoms. The van der Waals surface area contributed by atoms with Crippen molar-refractivity contribution >= 4 is 11.9 Å². The van der Waals surface area contributed by atoms with Gasteiger partial charge in [0.2, 0.25) is 0 Å². The average molecular weight is 193 g/mol. The van der Waals surface area contributed by atoms with Crippen LogP contribution in [0.3, 0.4) is 0 Å². The lowest BCUT2D eigenvalue weighted by Crippen LogP contribution is -2.31. The first-order chi connectivity index (χ1) is 6.70. The zero-order valence-electron chi connectivity index (χ0n) is 7.40. The molecular weight excluding hydrogens is 184 g/mol. The van der Waals surface area contributed by atoms with Crippen molar-refractivity contribution < 1.29 is 14.7 Å². The highest BCUT2D eigenvalue weighted by Gasteiger charge is 2.02. The number of carbonyl (C=O) groups excluding carboxylic acids is 2. The van der Waals surface area contributed by atoms with Crippen molar-refractivity contribution in [3.8, 4) is 0 Å². The molecule has 0 bridgehead atoms. The zero-order chi connectivity index (χ0) is 10.4. The van der Waals surface area contributed by atoms with Gasteiger partial charge in [-0.25, -0.2) is 0 Å². The highest BCUT2D eigenvalue weighted by molar-refractivity contribution is 5.93. The van der Waals surface area contributed by atoms with E-state index in [1.165, 1.54) is 6.20 Å². The molecule has 1 rings (SSSR count). The van der Waals surface area contributed by atoms with Gasteiger partial charge in [0.1, 0.15) is 0 Å². The number of hydrogen-bond donors (Lipinski definition) is 1. The van der Waals surface area contributed by atoms with Crippen LogP contribution in [-0.2, 0) is 4.79 Å². The quantitative estimate of drug-likeness (QED) is 0.661. The van der Waals surface area contributed by atoms with Crippen molar-refractivity contribution in [3.05, 3.63) is 30.1 Å². The lowest BCUT2D eigenvalue weighted by molar-refractivity contribution is -0.305. The third-order valence-corrected chi connectivity index (χ3v) is 1.54. The monoisotopic (exact) mass is 193 g/mol. The SMILES string of the molecule is O=C([O-])CCNC(=O)c1cccnc1. The summed E-state index contributed by atoms with van der Waals surface area (Å²) in [5.74, 6) is -1.52. The molecule has 0 saturated carbocycles. The Morgan fingerprint density at radius 2 is 2.29 bits per heavy atom. The van der Waals surface area contributed by atoms with Crippen molar-refractivity contribution in [1.29, 1.82) is 0 Å². The number of nitrogens with one attached hydrogen (secondary N) is 1. The van der Waals surface area contributed by atoms with Gasteiger partial charge in [0.15, 0.2) is 0 Å². The van der Waals surface area contributed by atoms with Gasteiger partial charge in [-0.15, -0.1) is 0 Å². The Morgan fingerprint density at radius 3 is 2.86 bits per heavy atom. The second kappa shape index (κ2) is 4.96. The number of carboxylic acids is 1. The van der Waals surface area contributed by atoms with E-state index >= 15 is 0 Å². The molecule has 0 saturated heterocycles. The number of pyridine rings is 1. The molecule has 0 atom stereocenters. The van der Waals surface area contributed by atoms with Gasteiger partial charge in [0, 0.05) is 31.3 Å². The maximum Gasteiger partial charge on any atom is 0.252 e. The first kappa shape index (κ1) is 10.2. The smallest absolute Gasteiger partial charge is 0.252 e. The molecule has 0 unspecified atom stereocenters. The molecule has 0 aliphatic heterocycles. The van der Waals surface area contributed by atoms with Gasteiger partial charge in [-0.3, -0.25) is 9.78 Å². The molecule has 0 aliphatic carbocycles. The molecule has 5 heteroatoms. The van der Waals surface area contributed by atoms with Crippen LogP contribution in [-0.4, -0.2) is 23.4 Å². The normalized spacial score (nSPS) is 9.43. The lowest BCUT2D eigenvalue weighted by atomic mass is 10.2. The fourth-order valence-corrected chi connectivity index (χ4v) is 0.877. The molecule has 0 aromatic carbocycles. The Morgan fingerprint density at radius 1 is 1.50 bits per heavy atom. The Balaban J connectivity index is 2.40. The summed E-state index contributed by atoms with van der Waals surface area (Å²) in [5.41, 5.74) is 0.408. The van der Waals surface area contributed by atoms with Crippen LogP contribution in [0, 0.1) is 0 Å². The fraction of sp³-hybridized carbons (Fsp3) is 0.222. The van der Waals surface area contributed by atoms with Gasteiger partial charge in [-0.2, -0.15) is 0 Å². The van der Waals surface area contributed by atoms with Crippen molar-refractivity contribution in [1.82, 2.24) is 10.3 Å². The molecule has 1 amide bonds. The van der Waals surface area contributed by atoms with Gasteiger partial charge >= 0.3 is 0 Å². The maximum absolute atomic E-state index is 11.3. The minimum Gasteiger partial charge on any atom is -0.550 e. The van der Waals surface area contributed by atoms with Crippen LogP contribution in [0.4, 0.5) is 0 Å². The highest BCUT2D eigenvalue weighted by atomic mass is 16.4. The molecule has 1 aromatic heterocycles. The number of aromatic nitrogens is 1.